The molecule has 1 aliphatic carbocycles. The number of benzene rings is 1. The van der Waals surface area contributed by atoms with E-state index in [-0.39, 0.29) is 5.41 Å². The average Bonchev–Trinajstić information content (AvgIpc) is 2.87. The van der Waals surface area contributed by atoms with Crippen LogP contribution in [0, 0.1) is 5.92 Å². The molecule has 118 valence electrons. The van der Waals surface area contributed by atoms with Gasteiger partial charge in [-0.1, -0.05) is 71.7 Å². The van der Waals surface area contributed by atoms with E-state index in [1.165, 1.54) is 31.2 Å². The van der Waals surface area contributed by atoms with E-state index in [0.29, 0.717) is 5.41 Å². The number of rotatable bonds is 5. The Labute approximate surface area is 131 Å². The molecule has 1 saturated carbocycles. The molecular formula is C20H33N. The predicted octanol–water partition coefficient (Wildman–Crippen LogP) is 5.04. The quantitative estimate of drug-likeness (QED) is 0.800. The summed E-state index contributed by atoms with van der Waals surface area (Å²) in [5.74, 6) is 0.728. The van der Waals surface area contributed by atoms with E-state index < -0.39 is 0 Å². The lowest BCUT2D eigenvalue weighted by atomic mass is 9.77. The Bertz CT molecular complexity index is 430. The van der Waals surface area contributed by atoms with E-state index in [1.54, 1.807) is 5.56 Å². The third-order valence-electron chi connectivity index (χ3n) is 4.94. The largest absolute Gasteiger partial charge is 0.316 e. The first-order chi connectivity index (χ1) is 9.83. The molecule has 0 amide bonds. The van der Waals surface area contributed by atoms with Crippen molar-refractivity contribution in [1.82, 2.24) is 5.32 Å². The summed E-state index contributed by atoms with van der Waals surface area (Å²) < 4.78 is 0. The fourth-order valence-electron chi connectivity index (χ4n) is 3.54. The van der Waals surface area contributed by atoms with Gasteiger partial charge in [0.05, 0.1) is 0 Å². The van der Waals surface area contributed by atoms with Crippen LogP contribution in [0.4, 0.5) is 0 Å². The zero-order valence-electron chi connectivity index (χ0n) is 14.6. The Hall–Kier alpha value is -0.820. The van der Waals surface area contributed by atoms with Gasteiger partial charge in [-0.05, 0) is 41.8 Å². The van der Waals surface area contributed by atoms with Crippen LogP contribution in [0.25, 0.3) is 0 Å². The normalized spacial score (nSPS) is 18.4. The Kier molecular flexibility index (Phi) is 5.14. The van der Waals surface area contributed by atoms with Crippen LogP contribution in [0.1, 0.15) is 71.4 Å². The third-order valence-corrected chi connectivity index (χ3v) is 4.94. The zero-order valence-corrected chi connectivity index (χ0v) is 14.6. The van der Waals surface area contributed by atoms with Gasteiger partial charge in [0.2, 0.25) is 0 Å². The minimum Gasteiger partial charge on any atom is -0.316 e. The molecule has 1 nitrogen and oxygen atoms in total. The van der Waals surface area contributed by atoms with Gasteiger partial charge < -0.3 is 5.32 Å². The maximum absolute atomic E-state index is 3.71. The molecule has 1 N–H and O–H groups in total. The highest BCUT2D eigenvalue weighted by atomic mass is 14.9. The highest BCUT2D eigenvalue weighted by Gasteiger charge is 2.35. The van der Waals surface area contributed by atoms with Gasteiger partial charge in [0.15, 0.2) is 0 Å². The molecule has 1 fully saturated rings. The van der Waals surface area contributed by atoms with Crippen LogP contribution in [0.5, 0.6) is 0 Å². The van der Waals surface area contributed by atoms with Gasteiger partial charge in [-0.15, -0.1) is 0 Å². The monoisotopic (exact) mass is 287 g/mol. The van der Waals surface area contributed by atoms with Gasteiger partial charge in [0.25, 0.3) is 0 Å². The summed E-state index contributed by atoms with van der Waals surface area (Å²) >= 11 is 0. The molecule has 0 heterocycles. The minimum atomic E-state index is 0.247. The Morgan fingerprint density at radius 1 is 1.05 bits per heavy atom. The van der Waals surface area contributed by atoms with Crippen LogP contribution in [0.2, 0.25) is 0 Å². The molecule has 0 radical (unpaired) electrons. The van der Waals surface area contributed by atoms with E-state index in [9.17, 15) is 0 Å². The van der Waals surface area contributed by atoms with Crippen molar-refractivity contribution in [3.05, 3.63) is 35.4 Å². The topological polar surface area (TPSA) is 12.0 Å². The van der Waals surface area contributed by atoms with Crippen LogP contribution in [-0.4, -0.2) is 13.1 Å². The molecule has 1 heteroatoms. The second-order valence-corrected chi connectivity index (χ2v) is 8.34. The first-order valence-electron chi connectivity index (χ1n) is 8.65. The maximum Gasteiger partial charge on any atom is 0.00777 e. The predicted molar refractivity (Wildman–Crippen MR) is 93.0 cm³/mol. The van der Waals surface area contributed by atoms with Crippen LogP contribution < -0.4 is 5.32 Å². The van der Waals surface area contributed by atoms with Gasteiger partial charge in [-0.3, -0.25) is 0 Å². The molecular weight excluding hydrogens is 254 g/mol. The Morgan fingerprint density at radius 3 is 2.10 bits per heavy atom. The van der Waals surface area contributed by atoms with Crippen molar-refractivity contribution in [2.24, 2.45) is 5.92 Å². The molecule has 1 aromatic rings. The summed E-state index contributed by atoms with van der Waals surface area (Å²) in [7, 11) is 0. The second-order valence-electron chi connectivity index (χ2n) is 8.34. The number of hydrogen-bond acceptors (Lipinski definition) is 1. The molecule has 1 aromatic carbocycles. The molecule has 0 aromatic heterocycles. The van der Waals surface area contributed by atoms with Crippen LogP contribution in [0.15, 0.2) is 24.3 Å². The lowest BCUT2D eigenvalue weighted by Gasteiger charge is -2.31. The van der Waals surface area contributed by atoms with Crippen LogP contribution >= 0.6 is 0 Å². The van der Waals surface area contributed by atoms with Crippen molar-refractivity contribution >= 4 is 0 Å². The van der Waals surface area contributed by atoms with Crippen molar-refractivity contribution in [2.45, 2.75) is 71.1 Å². The number of hydrogen-bond donors (Lipinski definition) is 1. The molecule has 1 aliphatic rings. The summed E-state index contributed by atoms with van der Waals surface area (Å²) in [4.78, 5) is 0. The van der Waals surface area contributed by atoms with Gasteiger partial charge >= 0.3 is 0 Å². The summed E-state index contributed by atoms with van der Waals surface area (Å²) in [5, 5.41) is 3.71. The SMILES string of the molecule is CC(C)CNCC1(c2ccc(C(C)(C)C)cc2)CCCC1. The van der Waals surface area contributed by atoms with E-state index in [2.05, 4.69) is 64.2 Å². The minimum absolute atomic E-state index is 0.247. The van der Waals surface area contributed by atoms with E-state index >= 15 is 0 Å². The summed E-state index contributed by atoms with van der Waals surface area (Å²) in [5.41, 5.74) is 3.61. The highest BCUT2D eigenvalue weighted by molar-refractivity contribution is 5.33. The van der Waals surface area contributed by atoms with Crippen LogP contribution in [0.3, 0.4) is 0 Å². The first kappa shape index (κ1) is 16.5. The maximum atomic E-state index is 3.71. The van der Waals surface area contributed by atoms with E-state index in [1.807, 2.05) is 0 Å². The summed E-state index contributed by atoms with van der Waals surface area (Å²) in [6.07, 6.45) is 5.44. The molecule has 0 unspecified atom stereocenters. The molecule has 0 saturated heterocycles. The second kappa shape index (κ2) is 6.52. The Balaban J connectivity index is 2.14. The van der Waals surface area contributed by atoms with Gasteiger partial charge in [0.1, 0.15) is 0 Å². The van der Waals surface area contributed by atoms with E-state index in [4.69, 9.17) is 0 Å². The molecule has 0 spiro atoms. The number of nitrogens with one attached hydrogen (secondary N) is 1. The molecule has 0 atom stereocenters. The molecule has 21 heavy (non-hydrogen) atoms. The highest BCUT2D eigenvalue weighted by Crippen LogP contribution is 2.41. The molecule has 0 aliphatic heterocycles. The molecule has 0 bridgehead atoms. The average molecular weight is 287 g/mol. The summed E-state index contributed by atoms with van der Waals surface area (Å²) in [6.45, 7) is 13.7. The standard InChI is InChI=1S/C20H33N/c1-16(2)14-21-15-20(12-6-7-13-20)18-10-8-17(9-11-18)19(3,4)5/h8-11,16,21H,6-7,12-15H2,1-5H3. The van der Waals surface area contributed by atoms with Crippen molar-refractivity contribution in [3.8, 4) is 0 Å². The lowest BCUT2D eigenvalue weighted by Crippen LogP contribution is -2.37. The molecule has 2 rings (SSSR count). The van der Waals surface area contributed by atoms with Crippen molar-refractivity contribution < 1.29 is 0 Å². The smallest absolute Gasteiger partial charge is 0.00777 e. The van der Waals surface area contributed by atoms with Crippen LogP contribution in [-0.2, 0) is 10.8 Å². The van der Waals surface area contributed by atoms with Crippen molar-refractivity contribution in [3.63, 3.8) is 0 Å². The van der Waals surface area contributed by atoms with Gasteiger partial charge in [-0.25, -0.2) is 0 Å². The van der Waals surface area contributed by atoms with Crippen molar-refractivity contribution in [1.29, 1.82) is 0 Å². The lowest BCUT2D eigenvalue weighted by molar-refractivity contribution is 0.390. The van der Waals surface area contributed by atoms with Gasteiger partial charge in [-0.2, -0.15) is 0 Å². The zero-order chi connectivity index (χ0) is 15.5. The fourth-order valence-corrected chi connectivity index (χ4v) is 3.54. The van der Waals surface area contributed by atoms with Crippen molar-refractivity contribution in [2.75, 3.05) is 13.1 Å². The third kappa shape index (κ3) is 4.10. The summed E-state index contributed by atoms with van der Waals surface area (Å²) in [6, 6.07) is 9.47. The van der Waals surface area contributed by atoms with E-state index in [0.717, 1.165) is 19.0 Å². The first-order valence-corrected chi connectivity index (χ1v) is 8.65. The Morgan fingerprint density at radius 2 is 1.62 bits per heavy atom. The van der Waals surface area contributed by atoms with Gasteiger partial charge in [0, 0.05) is 12.0 Å². The fraction of sp³-hybridized carbons (Fsp3) is 0.700.